The van der Waals surface area contributed by atoms with Crippen LogP contribution in [0.5, 0.6) is 0 Å². The highest BCUT2D eigenvalue weighted by molar-refractivity contribution is 6.04. The van der Waals surface area contributed by atoms with E-state index in [9.17, 15) is 4.79 Å². The first-order chi connectivity index (χ1) is 10.6. The van der Waals surface area contributed by atoms with Crippen LogP contribution in [0, 0.1) is 11.3 Å². The van der Waals surface area contributed by atoms with E-state index in [0.29, 0.717) is 11.1 Å². The van der Waals surface area contributed by atoms with Crippen molar-refractivity contribution < 1.29 is 4.79 Å². The van der Waals surface area contributed by atoms with Crippen LogP contribution in [0.4, 0.5) is 0 Å². The lowest BCUT2D eigenvalue weighted by Crippen LogP contribution is -2.36. The van der Waals surface area contributed by atoms with Crippen LogP contribution in [0.3, 0.4) is 0 Å². The fourth-order valence-electron chi connectivity index (χ4n) is 2.39. The SMILES string of the molecule is CCN(CC)C(=CC(=O)c1ccc(C#N)cc1)N(CC)CC. The molecule has 0 bridgehead atoms. The zero-order valence-corrected chi connectivity index (χ0v) is 14.0. The Bertz CT molecular complexity index is 533. The van der Waals surface area contributed by atoms with Crippen molar-refractivity contribution in [1.29, 1.82) is 5.26 Å². The molecule has 0 spiro atoms. The maximum Gasteiger partial charge on any atom is 0.189 e. The van der Waals surface area contributed by atoms with Crippen LogP contribution in [0.25, 0.3) is 0 Å². The Kier molecular flexibility index (Phi) is 7.18. The number of hydrogen-bond acceptors (Lipinski definition) is 4. The average molecular weight is 299 g/mol. The first-order valence-corrected chi connectivity index (χ1v) is 7.87. The van der Waals surface area contributed by atoms with Crippen molar-refractivity contribution >= 4 is 5.78 Å². The molecule has 0 fully saturated rings. The number of benzene rings is 1. The number of allylic oxidation sites excluding steroid dienone is 1. The van der Waals surface area contributed by atoms with Crippen LogP contribution in [0.1, 0.15) is 43.6 Å². The van der Waals surface area contributed by atoms with Crippen molar-refractivity contribution in [2.24, 2.45) is 0 Å². The lowest BCUT2D eigenvalue weighted by Gasteiger charge is -2.33. The van der Waals surface area contributed by atoms with Crippen LogP contribution in [-0.2, 0) is 0 Å². The summed E-state index contributed by atoms with van der Waals surface area (Å²) < 4.78 is 0. The van der Waals surface area contributed by atoms with E-state index < -0.39 is 0 Å². The van der Waals surface area contributed by atoms with E-state index in [1.165, 1.54) is 0 Å². The molecule has 4 nitrogen and oxygen atoms in total. The fourth-order valence-corrected chi connectivity index (χ4v) is 2.39. The Balaban J connectivity index is 3.13. The van der Waals surface area contributed by atoms with Gasteiger partial charge < -0.3 is 9.80 Å². The van der Waals surface area contributed by atoms with Crippen LogP contribution in [-0.4, -0.2) is 41.8 Å². The first kappa shape index (κ1) is 17.8. The van der Waals surface area contributed by atoms with Crippen LogP contribution in [0.15, 0.2) is 36.2 Å². The van der Waals surface area contributed by atoms with Gasteiger partial charge in [0.1, 0.15) is 5.82 Å². The molecule has 0 aromatic heterocycles. The zero-order chi connectivity index (χ0) is 16.5. The third-order valence-corrected chi connectivity index (χ3v) is 3.73. The normalized spacial score (nSPS) is 9.77. The van der Waals surface area contributed by atoms with Gasteiger partial charge in [-0.25, -0.2) is 0 Å². The van der Waals surface area contributed by atoms with Gasteiger partial charge in [-0.05, 0) is 52.0 Å². The maximum atomic E-state index is 12.5. The minimum Gasteiger partial charge on any atom is -0.359 e. The van der Waals surface area contributed by atoms with E-state index in [2.05, 4.69) is 43.6 Å². The molecule has 1 rings (SSSR count). The molecule has 118 valence electrons. The highest BCUT2D eigenvalue weighted by Gasteiger charge is 2.14. The second-order valence-corrected chi connectivity index (χ2v) is 4.90. The maximum absolute atomic E-state index is 12.5. The Hall–Kier alpha value is -2.28. The molecular formula is C18H25N3O. The predicted octanol–water partition coefficient (Wildman–Crippen LogP) is 3.27. The zero-order valence-electron chi connectivity index (χ0n) is 14.0. The number of nitrogens with zero attached hydrogens (tertiary/aromatic N) is 3. The second-order valence-electron chi connectivity index (χ2n) is 4.90. The van der Waals surface area contributed by atoms with Gasteiger partial charge in [-0.1, -0.05) is 0 Å². The third-order valence-electron chi connectivity index (χ3n) is 3.73. The number of carbonyl (C=O) groups is 1. The summed E-state index contributed by atoms with van der Waals surface area (Å²) in [6, 6.07) is 8.83. The predicted molar refractivity (Wildman–Crippen MR) is 89.4 cm³/mol. The summed E-state index contributed by atoms with van der Waals surface area (Å²) in [6.45, 7) is 11.8. The van der Waals surface area contributed by atoms with Crippen molar-refractivity contribution in [2.75, 3.05) is 26.2 Å². The van der Waals surface area contributed by atoms with Crippen LogP contribution in [0.2, 0.25) is 0 Å². The Labute approximate surface area is 133 Å². The standard InChI is InChI=1S/C18H25N3O/c1-5-20(6-2)18(21(7-3)8-4)13-17(22)16-11-9-15(14-19)10-12-16/h9-13H,5-8H2,1-4H3. The number of hydrogen-bond donors (Lipinski definition) is 0. The quantitative estimate of drug-likeness (QED) is 0.546. The summed E-state index contributed by atoms with van der Waals surface area (Å²) in [7, 11) is 0. The molecule has 0 amide bonds. The molecule has 1 aromatic rings. The summed E-state index contributed by atoms with van der Waals surface area (Å²) in [5.74, 6) is 0.933. The molecule has 0 saturated heterocycles. The van der Waals surface area contributed by atoms with Crippen molar-refractivity contribution in [3.8, 4) is 6.07 Å². The number of ketones is 1. The third kappa shape index (κ3) is 4.36. The minimum atomic E-state index is -0.0294. The van der Waals surface area contributed by atoms with Gasteiger partial charge in [0.05, 0.1) is 11.6 Å². The molecule has 22 heavy (non-hydrogen) atoms. The molecule has 1 aromatic carbocycles. The van der Waals surface area contributed by atoms with Gasteiger partial charge >= 0.3 is 0 Å². The molecule has 0 radical (unpaired) electrons. The number of rotatable bonds is 8. The van der Waals surface area contributed by atoms with Crippen LogP contribution < -0.4 is 0 Å². The molecule has 4 heteroatoms. The first-order valence-electron chi connectivity index (χ1n) is 7.87. The van der Waals surface area contributed by atoms with Crippen LogP contribution >= 0.6 is 0 Å². The Morgan fingerprint density at radius 1 is 1.00 bits per heavy atom. The number of carbonyl (C=O) groups excluding carboxylic acids is 1. The van der Waals surface area contributed by atoms with Crippen molar-refractivity contribution in [2.45, 2.75) is 27.7 Å². The molecular weight excluding hydrogens is 274 g/mol. The van der Waals surface area contributed by atoms with E-state index in [4.69, 9.17) is 5.26 Å². The summed E-state index contributed by atoms with van der Waals surface area (Å²) in [5, 5.41) is 8.83. The van der Waals surface area contributed by atoms with Crippen molar-refractivity contribution in [3.05, 3.63) is 47.3 Å². The summed E-state index contributed by atoms with van der Waals surface area (Å²) in [6.07, 6.45) is 1.71. The smallest absolute Gasteiger partial charge is 0.189 e. The summed E-state index contributed by atoms with van der Waals surface area (Å²) in [5.41, 5.74) is 1.17. The van der Waals surface area contributed by atoms with Crippen molar-refractivity contribution in [1.82, 2.24) is 9.80 Å². The molecule has 0 atom stereocenters. The molecule has 0 saturated carbocycles. The minimum absolute atomic E-state index is 0.0294. The lowest BCUT2D eigenvalue weighted by molar-refractivity contribution is 0.103. The van der Waals surface area contributed by atoms with E-state index in [-0.39, 0.29) is 5.78 Å². The molecule has 0 aliphatic rings. The molecule has 0 unspecified atom stereocenters. The van der Waals surface area contributed by atoms with E-state index >= 15 is 0 Å². The van der Waals surface area contributed by atoms with Gasteiger partial charge in [0, 0.05) is 37.8 Å². The van der Waals surface area contributed by atoms with Gasteiger partial charge in [-0.2, -0.15) is 5.26 Å². The van der Waals surface area contributed by atoms with Gasteiger partial charge in [-0.15, -0.1) is 0 Å². The van der Waals surface area contributed by atoms with Gasteiger partial charge in [0.25, 0.3) is 0 Å². The molecule has 0 heterocycles. The Morgan fingerprint density at radius 3 is 1.82 bits per heavy atom. The Morgan fingerprint density at radius 2 is 1.45 bits per heavy atom. The fraction of sp³-hybridized carbons (Fsp3) is 0.444. The molecule has 0 aliphatic carbocycles. The van der Waals surface area contributed by atoms with Gasteiger partial charge in [0.2, 0.25) is 0 Å². The van der Waals surface area contributed by atoms with E-state index in [1.54, 1.807) is 30.3 Å². The second kappa shape index (κ2) is 8.89. The van der Waals surface area contributed by atoms with E-state index in [1.807, 2.05) is 0 Å². The molecule has 0 N–H and O–H groups in total. The summed E-state index contributed by atoms with van der Waals surface area (Å²) in [4.78, 5) is 16.9. The summed E-state index contributed by atoms with van der Waals surface area (Å²) >= 11 is 0. The van der Waals surface area contributed by atoms with E-state index in [0.717, 1.165) is 32.0 Å². The van der Waals surface area contributed by atoms with Gasteiger partial charge in [-0.3, -0.25) is 4.79 Å². The highest BCUT2D eigenvalue weighted by Crippen LogP contribution is 2.13. The van der Waals surface area contributed by atoms with Crippen molar-refractivity contribution in [3.63, 3.8) is 0 Å². The monoisotopic (exact) mass is 299 g/mol. The molecule has 0 aliphatic heterocycles. The number of nitriles is 1. The van der Waals surface area contributed by atoms with Gasteiger partial charge in [0.15, 0.2) is 5.78 Å². The lowest BCUT2D eigenvalue weighted by atomic mass is 10.1. The average Bonchev–Trinajstić information content (AvgIpc) is 2.56. The topological polar surface area (TPSA) is 47.3 Å². The highest BCUT2D eigenvalue weighted by atomic mass is 16.1. The largest absolute Gasteiger partial charge is 0.359 e.